The smallest absolute Gasteiger partial charge is 0.352 e. The van der Waals surface area contributed by atoms with Crippen LogP contribution < -0.4 is 0 Å². The maximum Gasteiger partial charge on any atom is 0.420 e. The van der Waals surface area contributed by atoms with E-state index in [0.717, 1.165) is 19.3 Å². The lowest BCUT2D eigenvalue weighted by Gasteiger charge is -2.54. The molecule has 0 aromatic heterocycles. The standard InChI is InChI=1S/C28H42F6O2/c1-13(2)17-8-7-14(3)9-22(17)35-12-36-25(6,28(32,33)34)26(29)20-11-21(27(26,30)31)24-19-10-18(23(20)24)15(4)16(19)5/h13-24H,7-12H2,1-6H3. The van der Waals surface area contributed by atoms with Gasteiger partial charge in [-0.15, -0.1) is 0 Å². The minimum Gasteiger partial charge on any atom is -0.352 e. The third kappa shape index (κ3) is 3.37. The molecule has 2 nitrogen and oxygen atoms in total. The number of alkyl halides is 6. The molecule has 5 aliphatic rings. The molecule has 0 aliphatic heterocycles. The maximum absolute atomic E-state index is 16.9. The van der Waals surface area contributed by atoms with Gasteiger partial charge in [0.15, 0.2) is 0 Å². The number of fused-ring (bicyclic) bond motifs is 9. The SMILES string of the molecule is CC1CCC(C(C)C)C(OCOC(C)(C(F)(F)F)C2(F)C3CC(C4C5CC(C(C)C5C)C43)C2(F)F)C1. The molecule has 13 atom stereocenters. The van der Waals surface area contributed by atoms with Crippen LogP contribution in [0.15, 0.2) is 0 Å². The molecule has 5 aliphatic carbocycles. The summed E-state index contributed by atoms with van der Waals surface area (Å²) < 4.78 is 104. The molecule has 4 bridgehead atoms. The highest BCUT2D eigenvalue weighted by molar-refractivity contribution is 5.29. The summed E-state index contributed by atoms with van der Waals surface area (Å²) in [5.74, 6) is -6.43. The highest BCUT2D eigenvalue weighted by Crippen LogP contribution is 2.78. The molecular weight excluding hydrogens is 482 g/mol. The highest BCUT2D eigenvalue weighted by Gasteiger charge is 2.89. The van der Waals surface area contributed by atoms with Crippen LogP contribution in [-0.2, 0) is 9.47 Å². The fourth-order valence-electron chi connectivity index (χ4n) is 9.78. The molecule has 36 heavy (non-hydrogen) atoms. The van der Waals surface area contributed by atoms with Crippen LogP contribution in [0, 0.1) is 65.1 Å². The van der Waals surface area contributed by atoms with Gasteiger partial charge in [0.05, 0.1) is 6.10 Å². The van der Waals surface area contributed by atoms with Gasteiger partial charge in [0.2, 0.25) is 11.3 Å². The lowest BCUT2D eigenvalue weighted by Crippen LogP contribution is -2.72. The maximum atomic E-state index is 16.9. The summed E-state index contributed by atoms with van der Waals surface area (Å²) in [5, 5.41) is 0. The third-order valence-corrected chi connectivity index (χ3v) is 11.9. The Morgan fingerprint density at radius 1 is 0.861 bits per heavy atom. The van der Waals surface area contributed by atoms with Crippen molar-refractivity contribution in [3.05, 3.63) is 0 Å². The Labute approximate surface area is 211 Å². The molecule has 0 heterocycles. The van der Waals surface area contributed by atoms with Crippen molar-refractivity contribution in [2.24, 2.45) is 65.1 Å². The van der Waals surface area contributed by atoms with Crippen molar-refractivity contribution in [3.63, 3.8) is 0 Å². The van der Waals surface area contributed by atoms with E-state index in [1.165, 1.54) is 0 Å². The molecule has 0 spiro atoms. The molecule has 8 heteroatoms. The number of rotatable bonds is 6. The normalized spacial score (nSPS) is 51.1. The van der Waals surface area contributed by atoms with Gasteiger partial charge >= 0.3 is 6.18 Å². The summed E-state index contributed by atoms with van der Waals surface area (Å²) in [4.78, 5) is 0. The fourth-order valence-corrected chi connectivity index (χ4v) is 9.78. The average Bonchev–Trinajstić information content (AvgIpc) is 3.46. The van der Waals surface area contributed by atoms with Gasteiger partial charge in [-0.25, -0.2) is 13.2 Å². The Hall–Kier alpha value is -0.500. The summed E-state index contributed by atoms with van der Waals surface area (Å²) >= 11 is 0. The van der Waals surface area contributed by atoms with Gasteiger partial charge in [-0.1, -0.05) is 41.0 Å². The van der Waals surface area contributed by atoms with E-state index >= 15 is 13.2 Å². The van der Waals surface area contributed by atoms with Gasteiger partial charge in [-0.3, -0.25) is 0 Å². The van der Waals surface area contributed by atoms with E-state index in [2.05, 4.69) is 13.8 Å². The van der Waals surface area contributed by atoms with E-state index < -0.39 is 53.8 Å². The molecule has 208 valence electrons. The van der Waals surface area contributed by atoms with E-state index in [9.17, 15) is 13.2 Å². The second-order valence-corrected chi connectivity index (χ2v) is 13.5. The van der Waals surface area contributed by atoms with Crippen LogP contribution >= 0.6 is 0 Å². The Bertz CT molecular complexity index is 846. The van der Waals surface area contributed by atoms with Crippen LogP contribution in [0.25, 0.3) is 0 Å². The van der Waals surface area contributed by atoms with Crippen molar-refractivity contribution >= 4 is 0 Å². The molecule has 0 saturated heterocycles. The van der Waals surface area contributed by atoms with Gasteiger partial charge in [0, 0.05) is 11.8 Å². The molecule has 0 N–H and O–H groups in total. The number of hydrogen-bond donors (Lipinski definition) is 0. The van der Waals surface area contributed by atoms with Crippen molar-refractivity contribution in [3.8, 4) is 0 Å². The Morgan fingerprint density at radius 3 is 2.00 bits per heavy atom. The van der Waals surface area contributed by atoms with Crippen LogP contribution in [0.5, 0.6) is 0 Å². The summed E-state index contributed by atoms with van der Waals surface area (Å²) in [5.41, 5.74) is -7.48. The van der Waals surface area contributed by atoms with Gasteiger partial charge in [0.1, 0.15) is 6.79 Å². The molecule has 0 aromatic rings. The zero-order valence-electron chi connectivity index (χ0n) is 22.3. The van der Waals surface area contributed by atoms with E-state index in [1.807, 2.05) is 20.8 Å². The Kier molecular flexibility index (Phi) is 6.39. The first kappa shape index (κ1) is 27.1. The zero-order valence-corrected chi connectivity index (χ0v) is 22.3. The van der Waals surface area contributed by atoms with Crippen molar-refractivity contribution in [2.45, 2.75) is 103 Å². The van der Waals surface area contributed by atoms with Crippen LogP contribution in [0.1, 0.15) is 73.6 Å². The molecule has 0 amide bonds. The van der Waals surface area contributed by atoms with Gasteiger partial charge in [-0.05, 0) is 85.9 Å². The summed E-state index contributed by atoms with van der Waals surface area (Å²) in [7, 11) is 0. The second-order valence-electron chi connectivity index (χ2n) is 13.5. The molecular formula is C28H42F6O2. The van der Waals surface area contributed by atoms with Crippen molar-refractivity contribution in [2.75, 3.05) is 6.79 Å². The quantitative estimate of drug-likeness (QED) is 0.200. The van der Waals surface area contributed by atoms with E-state index in [-0.39, 0.29) is 48.0 Å². The van der Waals surface area contributed by atoms with Crippen molar-refractivity contribution in [1.29, 1.82) is 0 Å². The first-order valence-corrected chi connectivity index (χ1v) is 14.0. The van der Waals surface area contributed by atoms with Crippen LogP contribution in [0.2, 0.25) is 0 Å². The van der Waals surface area contributed by atoms with Gasteiger partial charge < -0.3 is 9.47 Å². The first-order chi connectivity index (χ1) is 16.6. The van der Waals surface area contributed by atoms with E-state index in [0.29, 0.717) is 19.3 Å². The molecule has 5 saturated carbocycles. The summed E-state index contributed by atoms with van der Waals surface area (Å²) in [6, 6.07) is 0. The summed E-state index contributed by atoms with van der Waals surface area (Å²) in [6.07, 6.45) is -2.57. The van der Waals surface area contributed by atoms with Crippen molar-refractivity contribution < 1.29 is 35.8 Å². The summed E-state index contributed by atoms with van der Waals surface area (Å²) in [6.45, 7) is 9.89. The molecule has 13 unspecified atom stereocenters. The Balaban J connectivity index is 1.42. The van der Waals surface area contributed by atoms with Crippen LogP contribution in [-0.4, -0.2) is 36.3 Å². The van der Waals surface area contributed by atoms with E-state index in [1.54, 1.807) is 0 Å². The highest BCUT2D eigenvalue weighted by atomic mass is 19.4. The average molecular weight is 525 g/mol. The molecule has 5 rings (SSSR count). The molecule has 0 aromatic carbocycles. The predicted octanol–water partition coefficient (Wildman–Crippen LogP) is 7.91. The Morgan fingerprint density at radius 2 is 1.44 bits per heavy atom. The third-order valence-electron chi connectivity index (χ3n) is 11.9. The monoisotopic (exact) mass is 524 g/mol. The molecule has 0 radical (unpaired) electrons. The zero-order chi connectivity index (χ0) is 26.6. The molecule has 5 fully saturated rings. The number of halogens is 6. The number of ether oxygens (including phenoxy) is 2. The predicted molar refractivity (Wildman–Crippen MR) is 124 cm³/mol. The largest absolute Gasteiger partial charge is 0.420 e. The lowest BCUT2D eigenvalue weighted by molar-refractivity contribution is -0.379. The van der Waals surface area contributed by atoms with Crippen LogP contribution in [0.4, 0.5) is 26.3 Å². The lowest BCUT2D eigenvalue weighted by atomic mass is 9.57. The topological polar surface area (TPSA) is 18.5 Å². The second kappa shape index (κ2) is 8.50. The van der Waals surface area contributed by atoms with Crippen LogP contribution in [0.3, 0.4) is 0 Å². The number of hydrogen-bond acceptors (Lipinski definition) is 2. The fraction of sp³-hybridized carbons (Fsp3) is 1.00. The minimum atomic E-state index is -5.32. The van der Waals surface area contributed by atoms with Gasteiger partial charge in [0.25, 0.3) is 5.92 Å². The first-order valence-electron chi connectivity index (χ1n) is 14.0. The van der Waals surface area contributed by atoms with Crippen molar-refractivity contribution in [1.82, 2.24) is 0 Å². The minimum absolute atomic E-state index is 0.000449. The van der Waals surface area contributed by atoms with Gasteiger partial charge in [-0.2, -0.15) is 13.2 Å². The van der Waals surface area contributed by atoms with E-state index in [4.69, 9.17) is 9.47 Å².